The lowest BCUT2D eigenvalue weighted by atomic mass is 10.1. The number of anilines is 1. The average molecular weight is 312 g/mol. The van der Waals surface area contributed by atoms with Gasteiger partial charge in [0.15, 0.2) is 0 Å². The highest BCUT2D eigenvalue weighted by Gasteiger charge is 2.30. The molecule has 2 aliphatic heterocycles. The van der Waals surface area contributed by atoms with Gasteiger partial charge in [-0.2, -0.15) is 11.8 Å². The van der Waals surface area contributed by atoms with Crippen molar-refractivity contribution in [3.8, 4) is 0 Å². The predicted molar refractivity (Wildman–Crippen MR) is 84.9 cm³/mol. The highest BCUT2D eigenvalue weighted by atomic mass is 32.2. The quantitative estimate of drug-likeness (QED) is 0.654. The Hall–Kier alpha value is -0.500. The Morgan fingerprint density at radius 3 is 3.00 bits per heavy atom. The molecule has 1 aromatic rings. The average Bonchev–Trinajstić information content (AvgIpc) is 2.53. The Morgan fingerprint density at radius 1 is 1.35 bits per heavy atom. The fourth-order valence-corrected chi connectivity index (χ4v) is 5.63. The smallest absolute Gasteiger partial charge is 0.149 e. The molecule has 20 heavy (non-hydrogen) atoms. The van der Waals surface area contributed by atoms with E-state index in [-0.39, 0.29) is 0 Å². The molecule has 1 aromatic heterocycles. The minimum absolute atomic E-state index is 0.374. The fourth-order valence-electron chi connectivity index (χ4n) is 2.64. The zero-order valence-corrected chi connectivity index (χ0v) is 13.2. The largest absolute Gasteiger partial charge is 0.376 e. The number of nitrogens with zero attached hydrogens (tertiary/aromatic N) is 2. The standard InChI is InChI=1S/C13H20N4OS2/c1-2-10-11(20-6-5-19-10)13-15-9-3-4-18-7-8(9)12(16-13)17-14/h10-11H,2-7,14H2,1H3,(H,15,16,17). The van der Waals surface area contributed by atoms with Crippen LogP contribution >= 0.6 is 23.5 Å². The summed E-state index contributed by atoms with van der Waals surface area (Å²) < 4.78 is 5.48. The molecule has 0 radical (unpaired) electrons. The minimum Gasteiger partial charge on any atom is -0.376 e. The maximum Gasteiger partial charge on any atom is 0.149 e. The lowest BCUT2D eigenvalue weighted by Gasteiger charge is -2.30. The predicted octanol–water partition coefficient (Wildman–Crippen LogP) is 2.13. The van der Waals surface area contributed by atoms with Gasteiger partial charge < -0.3 is 10.2 Å². The Bertz CT molecular complexity index is 468. The summed E-state index contributed by atoms with van der Waals surface area (Å²) in [6, 6.07) is 0. The number of thioether (sulfide) groups is 2. The second kappa shape index (κ2) is 6.51. The van der Waals surface area contributed by atoms with Gasteiger partial charge in [-0.1, -0.05) is 6.92 Å². The number of nitrogens with one attached hydrogen (secondary N) is 1. The van der Waals surface area contributed by atoms with Crippen LogP contribution in [0.1, 0.15) is 35.7 Å². The minimum atomic E-state index is 0.374. The van der Waals surface area contributed by atoms with Crippen LogP contribution < -0.4 is 11.3 Å². The number of hydrogen-bond acceptors (Lipinski definition) is 7. The summed E-state index contributed by atoms with van der Waals surface area (Å²) >= 11 is 4.01. The normalized spacial score (nSPS) is 26.1. The van der Waals surface area contributed by atoms with E-state index in [4.69, 9.17) is 15.6 Å². The molecule has 2 unspecified atom stereocenters. The van der Waals surface area contributed by atoms with Crippen LogP contribution in [0, 0.1) is 0 Å². The summed E-state index contributed by atoms with van der Waals surface area (Å²) in [5.41, 5.74) is 4.84. The molecule has 0 saturated carbocycles. The first-order chi connectivity index (χ1) is 9.83. The van der Waals surface area contributed by atoms with Crippen LogP contribution in [0.5, 0.6) is 0 Å². The molecule has 2 atom stereocenters. The number of ether oxygens (including phenoxy) is 1. The lowest BCUT2D eigenvalue weighted by molar-refractivity contribution is 0.109. The third-order valence-corrected chi connectivity index (χ3v) is 6.93. The van der Waals surface area contributed by atoms with Crippen molar-refractivity contribution in [3.63, 3.8) is 0 Å². The molecule has 7 heteroatoms. The summed E-state index contributed by atoms with van der Waals surface area (Å²) in [7, 11) is 0. The SMILES string of the molecule is CCC1SCCSC1c1nc2c(c(NN)n1)COCC2. The number of fused-ring (bicyclic) bond motifs is 1. The number of rotatable bonds is 3. The molecule has 1 saturated heterocycles. The highest BCUT2D eigenvalue weighted by molar-refractivity contribution is 8.06. The second-order valence-electron chi connectivity index (χ2n) is 4.91. The lowest BCUT2D eigenvalue weighted by Crippen LogP contribution is -2.25. The summed E-state index contributed by atoms with van der Waals surface area (Å²) in [6.07, 6.45) is 2.00. The number of hydrazine groups is 1. The first-order valence-corrected chi connectivity index (χ1v) is 9.10. The van der Waals surface area contributed by atoms with E-state index in [1.54, 1.807) is 0 Å². The molecule has 3 rings (SSSR count). The van der Waals surface area contributed by atoms with Gasteiger partial charge in [-0.05, 0) is 6.42 Å². The van der Waals surface area contributed by atoms with E-state index < -0.39 is 0 Å². The second-order valence-corrected chi connectivity index (χ2v) is 7.51. The molecule has 0 bridgehead atoms. The van der Waals surface area contributed by atoms with Gasteiger partial charge in [-0.3, -0.25) is 0 Å². The molecule has 5 nitrogen and oxygen atoms in total. The summed E-state index contributed by atoms with van der Waals surface area (Å²) in [4.78, 5) is 9.49. The first-order valence-electron chi connectivity index (χ1n) is 7.00. The highest BCUT2D eigenvalue weighted by Crippen LogP contribution is 2.43. The molecule has 2 aliphatic rings. The first kappa shape index (κ1) is 14.4. The van der Waals surface area contributed by atoms with Crippen LogP contribution in [-0.4, -0.2) is 33.3 Å². The van der Waals surface area contributed by atoms with Crippen molar-refractivity contribution < 1.29 is 4.74 Å². The fraction of sp³-hybridized carbons (Fsp3) is 0.692. The molecule has 0 spiro atoms. The van der Waals surface area contributed by atoms with Crippen LogP contribution in [0.4, 0.5) is 5.82 Å². The van der Waals surface area contributed by atoms with Gasteiger partial charge in [0, 0.05) is 28.7 Å². The van der Waals surface area contributed by atoms with Crippen molar-refractivity contribution in [2.24, 2.45) is 5.84 Å². The Balaban J connectivity index is 1.96. The van der Waals surface area contributed by atoms with Gasteiger partial charge in [-0.15, -0.1) is 11.8 Å². The van der Waals surface area contributed by atoms with Gasteiger partial charge >= 0.3 is 0 Å². The Kier molecular flexibility index (Phi) is 4.70. The van der Waals surface area contributed by atoms with Gasteiger partial charge in [0.05, 0.1) is 24.2 Å². The van der Waals surface area contributed by atoms with Gasteiger partial charge in [0.1, 0.15) is 11.6 Å². The Morgan fingerprint density at radius 2 is 2.20 bits per heavy atom. The van der Waals surface area contributed by atoms with E-state index in [2.05, 4.69) is 17.3 Å². The molecule has 0 aliphatic carbocycles. The van der Waals surface area contributed by atoms with Crippen LogP contribution in [0.15, 0.2) is 0 Å². The molecule has 3 heterocycles. The monoisotopic (exact) mass is 312 g/mol. The van der Waals surface area contributed by atoms with Gasteiger partial charge in [0.25, 0.3) is 0 Å². The van der Waals surface area contributed by atoms with Crippen molar-refractivity contribution in [1.82, 2.24) is 9.97 Å². The van der Waals surface area contributed by atoms with Crippen molar-refractivity contribution in [3.05, 3.63) is 17.1 Å². The summed E-state index contributed by atoms with van der Waals surface area (Å²) in [5.74, 6) is 9.69. The molecule has 110 valence electrons. The maximum atomic E-state index is 5.63. The third-order valence-electron chi connectivity index (χ3n) is 3.68. The molecular formula is C13H20N4OS2. The number of nitrogens with two attached hydrogens (primary N) is 1. The van der Waals surface area contributed by atoms with Crippen molar-refractivity contribution >= 4 is 29.3 Å². The molecule has 1 fully saturated rings. The zero-order valence-electron chi connectivity index (χ0n) is 11.6. The summed E-state index contributed by atoms with van der Waals surface area (Å²) in [5, 5.41) is 0.969. The zero-order chi connectivity index (χ0) is 13.9. The van der Waals surface area contributed by atoms with Crippen LogP contribution in [0.25, 0.3) is 0 Å². The van der Waals surface area contributed by atoms with Crippen LogP contribution in [0.2, 0.25) is 0 Å². The number of aromatic nitrogens is 2. The van der Waals surface area contributed by atoms with E-state index in [1.807, 2.05) is 23.5 Å². The van der Waals surface area contributed by atoms with Gasteiger partial charge in [0.2, 0.25) is 0 Å². The van der Waals surface area contributed by atoms with E-state index in [0.29, 0.717) is 17.1 Å². The van der Waals surface area contributed by atoms with Crippen LogP contribution in [-0.2, 0) is 17.8 Å². The maximum absolute atomic E-state index is 5.63. The number of nitrogen functional groups attached to an aromatic ring is 1. The molecule has 3 N–H and O–H groups in total. The van der Waals surface area contributed by atoms with E-state index in [9.17, 15) is 0 Å². The van der Waals surface area contributed by atoms with E-state index >= 15 is 0 Å². The Labute approximate surface area is 127 Å². The van der Waals surface area contributed by atoms with E-state index in [1.165, 1.54) is 11.5 Å². The summed E-state index contributed by atoms with van der Waals surface area (Å²) in [6.45, 7) is 3.53. The molecular weight excluding hydrogens is 292 g/mol. The van der Waals surface area contributed by atoms with Crippen molar-refractivity contribution in [1.29, 1.82) is 0 Å². The number of hydrogen-bond donors (Lipinski definition) is 2. The van der Waals surface area contributed by atoms with Crippen LogP contribution in [0.3, 0.4) is 0 Å². The third kappa shape index (κ3) is 2.77. The topological polar surface area (TPSA) is 73.1 Å². The molecule has 0 aromatic carbocycles. The van der Waals surface area contributed by atoms with Crippen molar-refractivity contribution in [2.45, 2.75) is 36.9 Å². The van der Waals surface area contributed by atoms with Crippen molar-refractivity contribution in [2.75, 3.05) is 23.5 Å². The van der Waals surface area contributed by atoms with Gasteiger partial charge in [-0.25, -0.2) is 15.8 Å². The van der Waals surface area contributed by atoms with E-state index in [0.717, 1.165) is 42.3 Å². The molecule has 0 amide bonds.